The van der Waals surface area contributed by atoms with Gasteiger partial charge in [0.15, 0.2) is 0 Å². The Morgan fingerprint density at radius 2 is 2.00 bits per heavy atom. The second-order valence-electron chi connectivity index (χ2n) is 5.92. The Bertz CT molecular complexity index is 772. The van der Waals surface area contributed by atoms with E-state index in [4.69, 9.17) is 16.3 Å². The van der Waals surface area contributed by atoms with Crippen LogP contribution in [-0.2, 0) is 11.3 Å². The second-order valence-corrected chi connectivity index (χ2v) is 6.36. The maximum absolute atomic E-state index is 12.5. The lowest BCUT2D eigenvalue weighted by Gasteiger charge is -2.28. The molecular weight excluding hydrogens is 310 g/mol. The SMILES string of the molecule is O=C(OCc1ccccc1)N1C=C[C@@H]2C[C@@H]1c1cc(Cl)ccc12. The fourth-order valence-corrected chi connectivity index (χ4v) is 3.57. The molecule has 2 atom stereocenters. The van der Waals surface area contributed by atoms with Crippen LogP contribution in [0.3, 0.4) is 0 Å². The lowest BCUT2D eigenvalue weighted by Crippen LogP contribution is -2.31. The fourth-order valence-electron chi connectivity index (χ4n) is 3.39. The van der Waals surface area contributed by atoms with Crippen LogP contribution in [0.25, 0.3) is 0 Å². The van der Waals surface area contributed by atoms with Crippen molar-refractivity contribution in [2.24, 2.45) is 0 Å². The average Bonchev–Trinajstić information content (AvgIpc) is 2.86. The van der Waals surface area contributed by atoms with Crippen LogP contribution in [0, 0.1) is 0 Å². The van der Waals surface area contributed by atoms with Gasteiger partial charge in [-0.15, -0.1) is 0 Å². The molecule has 0 radical (unpaired) electrons. The Morgan fingerprint density at radius 1 is 1.17 bits per heavy atom. The zero-order valence-electron chi connectivity index (χ0n) is 12.5. The van der Waals surface area contributed by atoms with Crippen molar-refractivity contribution in [3.8, 4) is 0 Å². The molecule has 0 saturated carbocycles. The summed E-state index contributed by atoms with van der Waals surface area (Å²) in [6, 6.07) is 15.7. The monoisotopic (exact) mass is 325 g/mol. The molecule has 23 heavy (non-hydrogen) atoms. The lowest BCUT2D eigenvalue weighted by molar-refractivity contribution is 0.0961. The molecule has 0 aromatic heterocycles. The van der Waals surface area contributed by atoms with Gasteiger partial charge in [0, 0.05) is 17.1 Å². The third-order valence-electron chi connectivity index (χ3n) is 4.52. The number of allylic oxidation sites excluding steroid dienone is 1. The molecule has 2 aromatic carbocycles. The van der Waals surface area contributed by atoms with Gasteiger partial charge in [0.2, 0.25) is 0 Å². The molecule has 1 heterocycles. The van der Waals surface area contributed by atoms with Crippen molar-refractivity contribution in [2.75, 3.05) is 0 Å². The first-order valence-electron chi connectivity index (χ1n) is 7.69. The van der Waals surface area contributed by atoms with Crippen LogP contribution in [-0.4, -0.2) is 11.0 Å². The Kier molecular flexibility index (Phi) is 3.58. The summed E-state index contributed by atoms with van der Waals surface area (Å²) < 4.78 is 5.47. The van der Waals surface area contributed by atoms with Gasteiger partial charge in [-0.25, -0.2) is 4.79 Å². The van der Waals surface area contributed by atoms with Crippen LogP contribution < -0.4 is 0 Å². The summed E-state index contributed by atoms with van der Waals surface area (Å²) in [5.41, 5.74) is 3.37. The van der Waals surface area contributed by atoms with E-state index >= 15 is 0 Å². The van der Waals surface area contributed by atoms with Crippen molar-refractivity contribution in [1.29, 1.82) is 0 Å². The van der Waals surface area contributed by atoms with E-state index in [9.17, 15) is 4.79 Å². The van der Waals surface area contributed by atoms with Crippen molar-refractivity contribution in [2.45, 2.75) is 25.0 Å². The Hall–Kier alpha value is -2.26. The van der Waals surface area contributed by atoms with Gasteiger partial charge < -0.3 is 4.74 Å². The van der Waals surface area contributed by atoms with Gasteiger partial charge in [-0.3, -0.25) is 4.90 Å². The minimum atomic E-state index is -0.318. The Labute approximate surface area is 140 Å². The molecule has 3 nitrogen and oxygen atoms in total. The highest BCUT2D eigenvalue weighted by Gasteiger charge is 2.38. The highest BCUT2D eigenvalue weighted by atomic mass is 35.5. The minimum absolute atomic E-state index is 0.0157. The molecule has 1 aliphatic carbocycles. The summed E-state index contributed by atoms with van der Waals surface area (Å²) in [7, 11) is 0. The topological polar surface area (TPSA) is 29.5 Å². The van der Waals surface area contributed by atoms with Crippen molar-refractivity contribution in [3.05, 3.63) is 82.5 Å². The highest BCUT2D eigenvalue weighted by molar-refractivity contribution is 6.30. The molecule has 0 N–H and O–H groups in total. The van der Waals surface area contributed by atoms with Gasteiger partial charge in [-0.1, -0.05) is 54.1 Å². The third-order valence-corrected chi connectivity index (χ3v) is 4.75. The minimum Gasteiger partial charge on any atom is -0.444 e. The first kappa shape index (κ1) is 14.3. The predicted molar refractivity (Wildman–Crippen MR) is 89.2 cm³/mol. The molecule has 4 heteroatoms. The molecule has 2 bridgehead atoms. The molecule has 1 amide bonds. The number of halogens is 1. The van der Waals surface area contributed by atoms with Gasteiger partial charge >= 0.3 is 6.09 Å². The lowest BCUT2D eigenvalue weighted by atomic mass is 10.0. The van der Waals surface area contributed by atoms with E-state index in [1.165, 1.54) is 5.56 Å². The summed E-state index contributed by atoms with van der Waals surface area (Å²) in [6.07, 6.45) is 4.49. The summed E-state index contributed by atoms with van der Waals surface area (Å²) in [4.78, 5) is 14.2. The number of hydrogen-bond acceptors (Lipinski definition) is 2. The molecule has 0 spiro atoms. The maximum Gasteiger partial charge on any atom is 0.414 e. The van der Waals surface area contributed by atoms with Gasteiger partial charge in [-0.2, -0.15) is 0 Å². The number of ether oxygens (including phenoxy) is 1. The van der Waals surface area contributed by atoms with E-state index in [2.05, 4.69) is 12.1 Å². The predicted octanol–water partition coefficient (Wildman–Crippen LogP) is 5.03. The average molecular weight is 326 g/mol. The standard InChI is InChI=1S/C19H16ClNO2/c20-15-6-7-16-14-8-9-21(18(10-14)17(16)11-15)19(22)23-12-13-4-2-1-3-5-13/h1-9,11,14,18H,10,12H2/t14-,18-/m1/s1. The van der Waals surface area contributed by atoms with E-state index < -0.39 is 0 Å². The molecule has 2 aromatic rings. The third kappa shape index (κ3) is 2.62. The van der Waals surface area contributed by atoms with Crippen LogP contribution in [0.5, 0.6) is 0 Å². The van der Waals surface area contributed by atoms with E-state index in [1.807, 2.05) is 48.7 Å². The molecule has 1 aliphatic heterocycles. The van der Waals surface area contributed by atoms with Gasteiger partial charge in [0.25, 0.3) is 0 Å². The first-order chi connectivity index (χ1) is 11.2. The largest absolute Gasteiger partial charge is 0.444 e. The zero-order valence-corrected chi connectivity index (χ0v) is 13.2. The van der Waals surface area contributed by atoms with Gasteiger partial charge in [0.1, 0.15) is 6.61 Å². The number of hydrogen-bond donors (Lipinski definition) is 0. The van der Waals surface area contributed by atoms with Crippen LogP contribution in [0.15, 0.2) is 60.8 Å². The van der Waals surface area contributed by atoms with E-state index in [1.54, 1.807) is 4.90 Å². The number of carbonyl (C=O) groups is 1. The summed E-state index contributed by atoms with van der Waals surface area (Å²) >= 11 is 6.13. The van der Waals surface area contributed by atoms with Crippen molar-refractivity contribution >= 4 is 17.7 Å². The normalized spacial score (nSPS) is 21.2. The number of fused-ring (bicyclic) bond motifs is 5. The van der Waals surface area contributed by atoms with Crippen LogP contribution in [0.4, 0.5) is 4.79 Å². The van der Waals surface area contributed by atoms with Crippen LogP contribution in [0.2, 0.25) is 5.02 Å². The molecule has 4 rings (SSSR count). The molecule has 116 valence electrons. The van der Waals surface area contributed by atoms with Gasteiger partial charge in [-0.05, 0) is 35.2 Å². The second kappa shape index (κ2) is 5.74. The first-order valence-corrected chi connectivity index (χ1v) is 8.07. The highest BCUT2D eigenvalue weighted by Crippen LogP contribution is 2.48. The summed E-state index contributed by atoms with van der Waals surface area (Å²) in [6.45, 7) is 0.280. The van der Waals surface area contributed by atoms with Crippen molar-refractivity contribution < 1.29 is 9.53 Å². The number of amides is 1. The molecular formula is C19H16ClNO2. The Morgan fingerprint density at radius 3 is 2.83 bits per heavy atom. The molecule has 2 aliphatic rings. The molecule has 0 fully saturated rings. The van der Waals surface area contributed by atoms with E-state index in [0.717, 1.165) is 17.5 Å². The number of benzene rings is 2. The quantitative estimate of drug-likeness (QED) is 0.774. The van der Waals surface area contributed by atoms with Crippen LogP contribution in [0.1, 0.15) is 35.1 Å². The smallest absolute Gasteiger partial charge is 0.414 e. The summed E-state index contributed by atoms with van der Waals surface area (Å²) in [5, 5.41) is 0.703. The van der Waals surface area contributed by atoms with Crippen molar-refractivity contribution in [3.63, 3.8) is 0 Å². The van der Waals surface area contributed by atoms with E-state index in [0.29, 0.717) is 10.9 Å². The maximum atomic E-state index is 12.5. The Balaban J connectivity index is 1.53. The number of carbonyl (C=O) groups excluding carboxylic acids is 1. The summed E-state index contributed by atoms with van der Waals surface area (Å²) in [5.74, 6) is 0.366. The number of rotatable bonds is 2. The fraction of sp³-hybridized carbons (Fsp3) is 0.211. The molecule has 0 saturated heterocycles. The molecule has 0 unspecified atom stereocenters. The van der Waals surface area contributed by atoms with Gasteiger partial charge in [0.05, 0.1) is 6.04 Å². The van der Waals surface area contributed by atoms with Crippen molar-refractivity contribution in [1.82, 2.24) is 4.90 Å². The van der Waals surface area contributed by atoms with Crippen LogP contribution >= 0.6 is 11.6 Å². The zero-order chi connectivity index (χ0) is 15.8. The van der Waals surface area contributed by atoms with E-state index in [-0.39, 0.29) is 18.7 Å². The number of nitrogens with zero attached hydrogens (tertiary/aromatic N) is 1.